The number of alkyl halides is 1. The first-order valence-electron chi connectivity index (χ1n) is 16.5. The van der Waals surface area contributed by atoms with Crippen LogP contribution in [0.2, 0.25) is 10.0 Å². The fraction of sp³-hybridized carbons (Fsp3) is 0.371. The van der Waals surface area contributed by atoms with Crippen LogP contribution in [-0.2, 0) is 31.4 Å². The molecule has 1 atom stereocenters. The number of aromatic nitrogens is 4. The molecule has 3 aromatic heterocycles. The number of nitrogens with zero attached hydrogens (tertiary/aromatic N) is 6. The summed E-state index contributed by atoms with van der Waals surface area (Å²) < 4.78 is 20.1. The number of carbonyl (C=O) groups excluding carboxylic acids is 2. The van der Waals surface area contributed by atoms with Gasteiger partial charge in [-0.05, 0) is 37.1 Å². The fourth-order valence-electron chi connectivity index (χ4n) is 6.45. The number of methoxy groups -OCH3 is 1. The van der Waals surface area contributed by atoms with Gasteiger partial charge in [-0.25, -0.2) is 14.8 Å². The maximum Gasteiger partial charge on any atom is 0.407 e. The van der Waals surface area contributed by atoms with Gasteiger partial charge in [0.2, 0.25) is 11.8 Å². The van der Waals surface area contributed by atoms with E-state index < -0.39 is 12.0 Å². The topological polar surface area (TPSA) is 155 Å². The van der Waals surface area contributed by atoms with Gasteiger partial charge in [-0.15, -0.1) is 0 Å². The van der Waals surface area contributed by atoms with E-state index in [0.29, 0.717) is 72.5 Å². The molecule has 6 rings (SSSR count). The van der Waals surface area contributed by atoms with Crippen molar-refractivity contribution in [2.24, 2.45) is 7.05 Å². The smallest absolute Gasteiger partial charge is 0.407 e. The van der Waals surface area contributed by atoms with E-state index in [1.807, 2.05) is 0 Å². The van der Waals surface area contributed by atoms with Gasteiger partial charge < -0.3 is 29.9 Å². The summed E-state index contributed by atoms with van der Waals surface area (Å²) in [6.07, 6.45) is 2.51. The monoisotopic (exact) mass is 738 g/mol. The standard InChI is InChI=1S/C35H37Cl2FN8O5/c1-44-27-19-45(15-4-13-38)16-12-25(27)41-32(44)33(48)42-26-6-3-5-23(29(26)36)31-30(37)22(11-14-39-31)24-9-7-20(34(43-24)51-2)17-46(35(49)50)18-21-8-10-28(47)40-21/h3,5-7,9,11,14,21H,4,8,10,12-13,15-19H2,1-2H3,(H,40,47)(H,42,48)(H,49,50)/t21-/m0/s1. The summed E-state index contributed by atoms with van der Waals surface area (Å²) in [7, 11) is 3.24. The lowest BCUT2D eigenvalue weighted by Gasteiger charge is -2.26. The van der Waals surface area contributed by atoms with Crippen molar-refractivity contribution in [3.8, 4) is 28.4 Å². The minimum Gasteiger partial charge on any atom is -0.481 e. The summed E-state index contributed by atoms with van der Waals surface area (Å²) in [5.74, 6) is -0.0647. The van der Waals surface area contributed by atoms with Crippen molar-refractivity contribution in [3.05, 3.63) is 75.4 Å². The van der Waals surface area contributed by atoms with Crippen molar-refractivity contribution in [2.45, 2.75) is 44.8 Å². The summed E-state index contributed by atoms with van der Waals surface area (Å²) >= 11 is 13.8. The molecule has 0 bridgehead atoms. The average molecular weight is 740 g/mol. The van der Waals surface area contributed by atoms with E-state index in [-0.39, 0.29) is 53.5 Å². The molecular formula is C35H37Cl2FN8O5. The SMILES string of the molecule is COc1nc(-c2ccnc(-c3cccc(NC(=O)c4nc5c(n4C)CN(CCCF)CC5)c3Cl)c2Cl)ccc1CN(C[C@@H]1CCC(=O)N1)C(=O)O. The molecule has 2 aliphatic rings. The first-order chi connectivity index (χ1) is 24.6. The Labute approximate surface area is 303 Å². The molecule has 5 heterocycles. The maximum atomic E-state index is 13.5. The minimum absolute atomic E-state index is 0.00140. The number of fused-ring (bicyclic) bond motifs is 1. The van der Waals surface area contributed by atoms with Crippen molar-refractivity contribution in [3.63, 3.8) is 0 Å². The number of ether oxygens (including phenoxy) is 1. The van der Waals surface area contributed by atoms with E-state index in [9.17, 15) is 23.9 Å². The second-order valence-electron chi connectivity index (χ2n) is 12.4. The van der Waals surface area contributed by atoms with Crippen LogP contribution in [0.5, 0.6) is 5.88 Å². The van der Waals surface area contributed by atoms with E-state index in [1.54, 1.807) is 54.2 Å². The van der Waals surface area contributed by atoms with Crippen molar-refractivity contribution in [1.82, 2.24) is 34.6 Å². The third-order valence-electron chi connectivity index (χ3n) is 9.10. The highest BCUT2D eigenvalue weighted by molar-refractivity contribution is 6.39. The van der Waals surface area contributed by atoms with E-state index in [1.165, 1.54) is 12.0 Å². The van der Waals surface area contributed by atoms with E-state index in [4.69, 9.17) is 27.9 Å². The molecule has 1 saturated heterocycles. The first-order valence-corrected chi connectivity index (χ1v) is 17.2. The minimum atomic E-state index is -1.13. The lowest BCUT2D eigenvalue weighted by Crippen LogP contribution is -2.41. The molecule has 1 aromatic carbocycles. The number of halogens is 3. The summed E-state index contributed by atoms with van der Waals surface area (Å²) in [6.45, 7) is 1.76. The average Bonchev–Trinajstić information content (AvgIpc) is 3.69. The maximum absolute atomic E-state index is 13.5. The molecule has 3 N–H and O–H groups in total. The Morgan fingerprint density at radius 3 is 2.69 bits per heavy atom. The van der Waals surface area contributed by atoms with Gasteiger partial charge in [0.1, 0.15) is 0 Å². The van der Waals surface area contributed by atoms with Gasteiger partial charge in [0, 0.05) is 75.0 Å². The number of hydrogen-bond donors (Lipinski definition) is 3. The largest absolute Gasteiger partial charge is 0.481 e. The predicted octanol–water partition coefficient (Wildman–Crippen LogP) is 5.59. The fourth-order valence-corrected chi connectivity index (χ4v) is 7.02. The number of carboxylic acid groups (broad SMARTS) is 1. The highest BCUT2D eigenvalue weighted by atomic mass is 35.5. The van der Waals surface area contributed by atoms with Crippen LogP contribution in [0.4, 0.5) is 14.9 Å². The third-order valence-corrected chi connectivity index (χ3v) is 9.89. The number of nitrogens with one attached hydrogen (secondary N) is 2. The normalized spacial score (nSPS) is 15.7. The Morgan fingerprint density at radius 2 is 1.96 bits per heavy atom. The molecule has 4 aromatic rings. The van der Waals surface area contributed by atoms with Gasteiger partial charge in [0.05, 0.1) is 58.8 Å². The van der Waals surface area contributed by atoms with Crippen LogP contribution in [0.1, 0.15) is 46.8 Å². The molecule has 1 fully saturated rings. The molecule has 13 nitrogen and oxygen atoms in total. The van der Waals surface area contributed by atoms with Crippen LogP contribution in [0.3, 0.4) is 0 Å². The first kappa shape index (κ1) is 36.0. The van der Waals surface area contributed by atoms with Crippen LogP contribution in [-0.4, -0.2) is 91.8 Å². The van der Waals surface area contributed by atoms with Crippen LogP contribution >= 0.6 is 23.2 Å². The number of rotatable bonds is 12. The summed E-state index contributed by atoms with van der Waals surface area (Å²) in [5, 5.41) is 16.0. The Bertz CT molecular complexity index is 1970. The van der Waals surface area contributed by atoms with Crippen LogP contribution in [0.15, 0.2) is 42.6 Å². The molecular weight excluding hydrogens is 702 g/mol. The van der Waals surface area contributed by atoms with Gasteiger partial charge in [0.25, 0.3) is 5.91 Å². The summed E-state index contributed by atoms with van der Waals surface area (Å²) in [5.41, 5.74) is 4.47. The summed E-state index contributed by atoms with van der Waals surface area (Å²) in [6, 6.07) is 10.0. The quantitative estimate of drug-likeness (QED) is 0.169. The van der Waals surface area contributed by atoms with Crippen molar-refractivity contribution in [2.75, 3.05) is 38.7 Å². The lowest BCUT2D eigenvalue weighted by atomic mass is 10.1. The highest BCUT2D eigenvalue weighted by Gasteiger charge is 2.28. The van der Waals surface area contributed by atoms with Crippen LogP contribution in [0.25, 0.3) is 22.5 Å². The van der Waals surface area contributed by atoms with Gasteiger partial charge in [0.15, 0.2) is 5.82 Å². The zero-order valence-electron chi connectivity index (χ0n) is 28.1. The van der Waals surface area contributed by atoms with Gasteiger partial charge >= 0.3 is 6.09 Å². The highest BCUT2D eigenvalue weighted by Crippen LogP contribution is 2.40. The second-order valence-corrected chi connectivity index (χ2v) is 13.2. The zero-order chi connectivity index (χ0) is 36.2. The summed E-state index contributed by atoms with van der Waals surface area (Å²) in [4.78, 5) is 54.3. The molecule has 268 valence electrons. The number of imidazole rings is 1. The van der Waals surface area contributed by atoms with Crippen LogP contribution in [0, 0.1) is 0 Å². The molecule has 0 spiro atoms. The van der Waals surface area contributed by atoms with E-state index in [2.05, 4.69) is 30.5 Å². The molecule has 3 amide bonds. The zero-order valence-corrected chi connectivity index (χ0v) is 29.6. The number of benzene rings is 1. The Hall–Kier alpha value is -4.79. The number of carbonyl (C=O) groups is 3. The number of hydrogen-bond acceptors (Lipinski definition) is 8. The molecule has 0 radical (unpaired) electrons. The Morgan fingerprint density at radius 1 is 1.14 bits per heavy atom. The predicted molar refractivity (Wildman–Crippen MR) is 190 cm³/mol. The van der Waals surface area contributed by atoms with Gasteiger partial charge in [-0.1, -0.05) is 35.3 Å². The Balaban J connectivity index is 1.22. The van der Waals surface area contributed by atoms with E-state index in [0.717, 1.165) is 17.9 Å². The van der Waals surface area contributed by atoms with Gasteiger partial charge in [-0.3, -0.25) is 23.9 Å². The molecule has 16 heteroatoms. The van der Waals surface area contributed by atoms with E-state index >= 15 is 0 Å². The Kier molecular flexibility index (Phi) is 11.0. The lowest BCUT2D eigenvalue weighted by molar-refractivity contribution is -0.119. The van der Waals surface area contributed by atoms with Gasteiger partial charge in [-0.2, -0.15) is 0 Å². The molecule has 2 aliphatic heterocycles. The van der Waals surface area contributed by atoms with Crippen molar-refractivity contribution >= 4 is 46.8 Å². The van der Waals surface area contributed by atoms with Crippen LogP contribution < -0.4 is 15.4 Å². The second kappa shape index (κ2) is 15.6. The number of anilines is 1. The molecule has 0 aliphatic carbocycles. The molecule has 51 heavy (non-hydrogen) atoms. The molecule has 0 unspecified atom stereocenters. The number of pyridine rings is 2. The van der Waals surface area contributed by atoms with Crippen molar-refractivity contribution in [1.29, 1.82) is 0 Å². The number of amides is 3. The third kappa shape index (κ3) is 7.77. The molecule has 0 saturated carbocycles. The van der Waals surface area contributed by atoms with Crippen molar-refractivity contribution < 1.29 is 28.6 Å².